The first-order valence-corrected chi connectivity index (χ1v) is 10.7. The number of aryl methyl sites for hydroxylation is 1. The van der Waals surface area contributed by atoms with Gasteiger partial charge in [0.05, 0.1) is 11.1 Å². The summed E-state index contributed by atoms with van der Waals surface area (Å²) in [6.07, 6.45) is 0.287. The van der Waals surface area contributed by atoms with Gasteiger partial charge in [0, 0.05) is 34.7 Å². The number of phenolic OH excluding ortho intramolecular Hbond substituents is 3. The lowest BCUT2D eigenvalue weighted by atomic mass is 9.75. The molecule has 5 rings (SSSR count). The highest BCUT2D eigenvalue weighted by molar-refractivity contribution is 6.31. The summed E-state index contributed by atoms with van der Waals surface area (Å²) >= 11 is 0. The average Bonchev–Trinajstić information content (AvgIpc) is 2.75. The molecule has 0 atom stereocenters. The van der Waals surface area contributed by atoms with E-state index >= 15 is 0 Å². The number of carbonyl (C=O) groups is 4. The summed E-state index contributed by atoms with van der Waals surface area (Å²) in [6, 6.07) is 4.79. The fraction of sp³-hybridized carbons (Fsp3) is 0.154. The number of rotatable bonds is 3. The molecular weight excluding hydrogens is 456 g/mol. The maximum atomic E-state index is 13.3. The lowest BCUT2D eigenvalue weighted by Gasteiger charge is -2.27. The number of carboxylic acids is 1. The Hall–Kier alpha value is -4.66. The molecule has 0 spiro atoms. The smallest absolute Gasteiger partial charge is 0.339 e. The van der Waals surface area contributed by atoms with Crippen LogP contribution in [0.1, 0.15) is 65.8 Å². The molecule has 3 aromatic carbocycles. The first kappa shape index (κ1) is 22.1. The molecule has 0 heterocycles. The SMILES string of the molecule is CC(=O)Cc1cc2c(c(O)c1C(=O)O)-c1cc3c(c(O)c1CC2)C(=O)c1c(O)cc(O)cc1C3=O. The molecule has 0 unspecified atom stereocenters. The van der Waals surface area contributed by atoms with E-state index in [1.54, 1.807) is 0 Å². The van der Waals surface area contributed by atoms with Crippen molar-refractivity contribution >= 4 is 23.3 Å². The molecule has 176 valence electrons. The predicted octanol–water partition coefficient (Wildman–Crippen LogP) is 2.88. The van der Waals surface area contributed by atoms with Crippen molar-refractivity contribution in [2.45, 2.75) is 26.2 Å². The van der Waals surface area contributed by atoms with Crippen molar-refractivity contribution in [1.29, 1.82) is 0 Å². The zero-order valence-corrected chi connectivity index (χ0v) is 18.3. The summed E-state index contributed by atoms with van der Waals surface area (Å²) in [6.45, 7) is 1.30. The van der Waals surface area contributed by atoms with Gasteiger partial charge in [0.15, 0.2) is 5.78 Å². The van der Waals surface area contributed by atoms with Gasteiger partial charge in [0.2, 0.25) is 5.78 Å². The minimum absolute atomic E-state index is 0.0962. The van der Waals surface area contributed by atoms with Crippen molar-refractivity contribution in [2.24, 2.45) is 0 Å². The number of hydrogen-bond acceptors (Lipinski definition) is 8. The van der Waals surface area contributed by atoms with Crippen molar-refractivity contribution in [3.63, 3.8) is 0 Å². The average molecular weight is 474 g/mol. The Morgan fingerprint density at radius 2 is 1.49 bits per heavy atom. The van der Waals surface area contributed by atoms with Gasteiger partial charge in [0.25, 0.3) is 0 Å². The largest absolute Gasteiger partial charge is 0.508 e. The van der Waals surface area contributed by atoms with Gasteiger partial charge >= 0.3 is 5.97 Å². The maximum absolute atomic E-state index is 13.3. The first-order chi connectivity index (χ1) is 16.5. The highest BCUT2D eigenvalue weighted by atomic mass is 16.4. The zero-order valence-electron chi connectivity index (χ0n) is 18.3. The quantitative estimate of drug-likeness (QED) is 0.300. The summed E-state index contributed by atoms with van der Waals surface area (Å²) < 4.78 is 0. The van der Waals surface area contributed by atoms with Crippen LogP contribution < -0.4 is 0 Å². The predicted molar refractivity (Wildman–Crippen MR) is 121 cm³/mol. The van der Waals surface area contributed by atoms with Crippen LogP contribution in [0.5, 0.6) is 23.0 Å². The van der Waals surface area contributed by atoms with E-state index in [2.05, 4.69) is 0 Å². The molecule has 0 aromatic heterocycles. The van der Waals surface area contributed by atoms with Gasteiger partial charge in [-0.3, -0.25) is 14.4 Å². The van der Waals surface area contributed by atoms with Crippen molar-refractivity contribution in [2.75, 3.05) is 0 Å². The normalized spacial score (nSPS) is 13.5. The van der Waals surface area contributed by atoms with Crippen molar-refractivity contribution < 1.29 is 44.7 Å². The van der Waals surface area contributed by atoms with E-state index in [1.165, 1.54) is 19.1 Å². The van der Waals surface area contributed by atoms with Crippen molar-refractivity contribution in [3.8, 4) is 34.1 Å². The van der Waals surface area contributed by atoms with Crippen LogP contribution in [-0.2, 0) is 24.1 Å². The van der Waals surface area contributed by atoms with E-state index in [4.69, 9.17) is 0 Å². The molecule has 0 bridgehead atoms. The topological polar surface area (TPSA) is 169 Å². The van der Waals surface area contributed by atoms with Crippen LogP contribution in [0.2, 0.25) is 0 Å². The van der Waals surface area contributed by atoms with E-state index in [0.717, 1.165) is 12.1 Å². The lowest BCUT2D eigenvalue weighted by Crippen LogP contribution is -2.23. The Morgan fingerprint density at radius 1 is 0.800 bits per heavy atom. The Balaban J connectivity index is 1.80. The molecule has 0 saturated heterocycles. The number of phenols is 4. The second-order valence-corrected chi connectivity index (χ2v) is 8.70. The van der Waals surface area contributed by atoms with Crippen molar-refractivity contribution in [3.05, 3.63) is 68.8 Å². The number of aromatic carboxylic acids is 1. The van der Waals surface area contributed by atoms with Crippen LogP contribution in [0.15, 0.2) is 24.3 Å². The third kappa shape index (κ3) is 3.08. The zero-order chi connectivity index (χ0) is 25.3. The standard InChI is InChI=1S/C26H18O9/c1-9(27)4-11-5-10-2-3-13-14(18(10)24(32)19(11)26(34)35)8-16-21(23(13)31)25(33)20-15(22(16)30)6-12(28)7-17(20)29/h5-8,28-29,31-32H,2-4H2,1H3,(H,34,35). The van der Waals surface area contributed by atoms with Crippen LogP contribution in [0.25, 0.3) is 11.1 Å². The molecule has 0 saturated carbocycles. The summed E-state index contributed by atoms with van der Waals surface area (Å²) in [5.74, 6) is -5.40. The summed E-state index contributed by atoms with van der Waals surface area (Å²) in [5.41, 5.74) is -0.350. The maximum Gasteiger partial charge on any atom is 0.339 e. The first-order valence-electron chi connectivity index (χ1n) is 10.7. The van der Waals surface area contributed by atoms with Crippen LogP contribution in [0.4, 0.5) is 0 Å². The van der Waals surface area contributed by atoms with E-state index in [0.29, 0.717) is 5.56 Å². The van der Waals surface area contributed by atoms with Crippen molar-refractivity contribution in [1.82, 2.24) is 0 Å². The molecule has 0 aliphatic heterocycles. The minimum Gasteiger partial charge on any atom is -0.508 e. The van der Waals surface area contributed by atoms with E-state index in [-0.39, 0.29) is 69.6 Å². The van der Waals surface area contributed by atoms with Gasteiger partial charge in [-0.25, -0.2) is 4.79 Å². The third-order valence-corrected chi connectivity index (χ3v) is 6.48. The molecule has 3 aromatic rings. The van der Waals surface area contributed by atoms with Gasteiger partial charge < -0.3 is 25.5 Å². The molecule has 2 aliphatic carbocycles. The Labute approximate surface area is 197 Å². The molecule has 0 fully saturated rings. The molecule has 0 radical (unpaired) electrons. The molecule has 35 heavy (non-hydrogen) atoms. The summed E-state index contributed by atoms with van der Waals surface area (Å²) in [7, 11) is 0. The summed E-state index contributed by atoms with van der Waals surface area (Å²) in [5, 5.41) is 51.8. The van der Waals surface area contributed by atoms with Gasteiger partial charge in [0.1, 0.15) is 34.3 Å². The summed E-state index contributed by atoms with van der Waals surface area (Å²) in [4.78, 5) is 50.1. The van der Waals surface area contributed by atoms with E-state index < -0.39 is 46.1 Å². The number of aromatic hydroxyl groups is 4. The molecular formula is C26H18O9. The van der Waals surface area contributed by atoms with Gasteiger partial charge in [-0.05, 0) is 48.6 Å². The third-order valence-electron chi connectivity index (χ3n) is 6.48. The number of carboxylic acid groups (broad SMARTS) is 1. The Morgan fingerprint density at radius 3 is 2.14 bits per heavy atom. The lowest BCUT2D eigenvalue weighted by molar-refractivity contribution is -0.116. The number of benzene rings is 3. The Kier molecular flexibility index (Phi) is 4.70. The number of fused-ring (bicyclic) bond motifs is 5. The van der Waals surface area contributed by atoms with Gasteiger partial charge in [-0.15, -0.1) is 0 Å². The number of hydrogen-bond donors (Lipinski definition) is 5. The molecule has 0 amide bonds. The fourth-order valence-corrected chi connectivity index (χ4v) is 5.08. The highest BCUT2D eigenvalue weighted by Gasteiger charge is 2.38. The Bertz CT molecular complexity index is 1550. The number of carbonyl (C=O) groups excluding carboxylic acids is 3. The second-order valence-electron chi connectivity index (χ2n) is 8.70. The minimum atomic E-state index is -1.44. The highest BCUT2D eigenvalue weighted by Crippen LogP contribution is 2.49. The van der Waals surface area contributed by atoms with Crippen LogP contribution in [-0.4, -0.2) is 48.9 Å². The second kappa shape index (κ2) is 7.42. The van der Waals surface area contributed by atoms with E-state index in [9.17, 15) is 44.7 Å². The van der Waals surface area contributed by atoms with Gasteiger partial charge in [-0.2, -0.15) is 0 Å². The molecule has 5 N–H and O–H groups in total. The van der Waals surface area contributed by atoms with E-state index in [1.807, 2.05) is 0 Å². The van der Waals surface area contributed by atoms with Crippen LogP contribution >= 0.6 is 0 Å². The van der Waals surface area contributed by atoms with Crippen LogP contribution in [0, 0.1) is 0 Å². The molecule has 9 nitrogen and oxygen atoms in total. The monoisotopic (exact) mass is 474 g/mol. The fourth-order valence-electron chi connectivity index (χ4n) is 5.08. The van der Waals surface area contributed by atoms with Crippen LogP contribution in [0.3, 0.4) is 0 Å². The number of ketones is 3. The molecule has 2 aliphatic rings. The molecule has 9 heteroatoms. The van der Waals surface area contributed by atoms with Gasteiger partial charge in [-0.1, -0.05) is 6.07 Å². The number of Topliss-reactive ketones (excluding diaryl/α,β-unsaturated/α-hetero) is 1.